The third-order valence-electron chi connectivity index (χ3n) is 9.37. The van der Waals surface area contributed by atoms with Gasteiger partial charge in [0, 0.05) is 12.1 Å². The summed E-state index contributed by atoms with van der Waals surface area (Å²) in [5.41, 5.74) is -1.64. The molecule has 4 rings (SSSR count). The van der Waals surface area contributed by atoms with Gasteiger partial charge in [-0.1, -0.05) is 71.9 Å². The summed E-state index contributed by atoms with van der Waals surface area (Å²) in [4.78, 5) is 44.3. The Hall–Kier alpha value is -2.45. The van der Waals surface area contributed by atoms with Crippen molar-refractivity contribution in [3.63, 3.8) is 0 Å². The highest BCUT2D eigenvalue weighted by molar-refractivity contribution is 5.99. The molecule has 8 nitrogen and oxygen atoms in total. The molecule has 2 bridgehead atoms. The first kappa shape index (κ1) is 31.5. The molecule has 3 amide bonds. The first-order valence-corrected chi connectivity index (χ1v) is 15.2. The highest BCUT2D eigenvalue weighted by Crippen LogP contribution is 2.65. The molecular formula is C33H51N3O5. The lowest BCUT2D eigenvalue weighted by molar-refractivity contribution is -0.152. The number of likely N-dealkylation sites (tertiary alicyclic amines) is 1. The fourth-order valence-electron chi connectivity index (χ4n) is 8.26. The van der Waals surface area contributed by atoms with Gasteiger partial charge in [0.15, 0.2) is 0 Å². The number of aliphatic hydroxyl groups excluding tert-OH is 1. The van der Waals surface area contributed by atoms with Crippen LogP contribution in [0.15, 0.2) is 30.3 Å². The molecular weight excluding hydrogens is 518 g/mol. The number of carbonyl (C=O) groups excluding carboxylic acids is 3. The van der Waals surface area contributed by atoms with Gasteiger partial charge < -0.3 is 25.4 Å². The van der Waals surface area contributed by atoms with Crippen molar-refractivity contribution in [3.8, 4) is 0 Å². The minimum atomic E-state index is -1.15. The van der Waals surface area contributed by atoms with Crippen LogP contribution in [0.3, 0.4) is 0 Å². The summed E-state index contributed by atoms with van der Waals surface area (Å²) in [5, 5.41) is 16.8. The first-order chi connectivity index (χ1) is 19.0. The van der Waals surface area contributed by atoms with Gasteiger partial charge in [-0.05, 0) is 62.8 Å². The Balaban J connectivity index is 1.74. The van der Waals surface area contributed by atoms with Crippen molar-refractivity contribution in [2.45, 2.75) is 117 Å². The zero-order chi connectivity index (χ0) is 30.5. The first-order valence-electron chi connectivity index (χ1n) is 15.2. The van der Waals surface area contributed by atoms with Crippen LogP contribution in [0, 0.1) is 29.1 Å². The molecule has 3 saturated heterocycles. The fraction of sp³-hybridized carbons (Fsp3) is 0.727. The standard InChI is InChI=1S/C33H51N3O5/c1-20(2)15-23(18-37)36-26(28(39)35-31(7,8)19-30(4,5)6)33-16-21(3)32(9,41-33)24(25(33)29(36)40)27(38)34-17-22-13-11-10-12-14-22/h10-14,20-21,23-26,37H,15-19H2,1-9H3,(H,34,38)(H,35,39)/t21?,23-,24+,25+,26?,32-,33?/m1/s1. The minimum Gasteiger partial charge on any atom is -0.394 e. The molecule has 3 N–H and O–H groups in total. The Morgan fingerprint density at radius 2 is 1.76 bits per heavy atom. The average molecular weight is 570 g/mol. The van der Waals surface area contributed by atoms with Crippen LogP contribution >= 0.6 is 0 Å². The topological polar surface area (TPSA) is 108 Å². The van der Waals surface area contributed by atoms with Crippen LogP contribution < -0.4 is 10.6 Å². The van der Waals surface area contributed by atoms with Gasteiger partial charge in [-0.25, -0.2) is 0 Å². The monoisotopic (exact) mass is 569 g/mol. The van der Waals surface area contributed by atoms with Crippen molar-refractivity contribution in [2.24, 2.45) is 29.1 Å². The second-order valence-electron chi connectivity index (χ2n) is 15.2. The van der Waals surface area contributed by atoms with E-state index in [9.17, 15) is 19.5 Å². The number of nitrogens with one attached hydrogen (secondary N) is 2. The number of benzene rings is 1. The molecule has 3 heterocycles. The normalized spacial score (nSPS) is 31.9. The van der Waals surface area contributed by atoms with E-state index in [1.165, 1.54) is 0 Å². The Bertz CT molecular complexity index is 1150. The summed E-state index contributed by atoms with van der Waals surface area (Å²) in [6.07, 6.45) is 1.77. The van der Waals surface area contributed by atoms with E-state index in [0.29, 0.717) is 19.4 Å². The molecule has 0 saturated carbocycles. The molecule has 8 heteroatoms. The number of carbonyl (C=O) groups is 3. The van der Waals surface area contributed by atoms with Gasteiger partial charge >= 0.3 is 0 Å². The molecule has 1 aromatic rings. The fourth-order valence-corrected chi connectivity index (χ4v) is 8.26. The van der Waals surface area contributed by atoms with Crippen LogP contribution in [0.4, 0.5) is 0 Å². The van der Waals surface area contributed by atoms with Gasteiger partial charge in [0.25, 0.3) is 0 Å². The Morgan fingerprint density at radius 3 is 2.32 bits per heavy atom. The zero-order valence-corrected chi connectivity index (χ0v) is 26.4. The summed E-state index contributed by atoms with van der Waals surface area (Å²) < 4.78 is 6.85. The molecule has 7 atom stereocenters. The predicted octanol–water partition coefficient (Wildman–Crippen LogP) is 4.05. The number of rotatable bonds is 10. The number of hydrogen-bond donors (Lipinski definition) is 3. The molecule has 3 fully saturated rings. The van der Waals surface area contributed by atoms with Gasteiger partial charge in [-0.2, -0.15) is 0 Å². The lowest BCUT2D eigenvalue weighted by Crippen LogP contribution is -2.61. The van der Waals surface area contributed by atoms with E-state index in [0.717, 1.165) is 12.0 Å². The largest absolute Gasteiger partial charge is 0.394 e. The number of ether oxygens (including phenoxy) is 1. The van der Waals surface area contributed by atoms with Gasteiger partial charge in [-0.15, -0.1) is 0 Å². The maximum atomic E-state index is 14.5. The maximum absolute atomic E-state index is 14.5. The molecule has 228 valence electrons. The molecule has 0 radical (unpaired) electrons. The Morgan fingerprint density at radius 1 is 1.12 bits per heavy atom. The smallest absolute Gasteiger partial charge is 0.246 e. The minimum absolute atomic E-state index is 0.0275. The van der Waals surface area contributed by atoms with E-state index < -0.39 is 40.7 Å². The number of aliphatic hydroxyl groups is 1. The molecule has 3 aliphatic rings. The zero-order valence-electron chi connectivity index (χ0n) is 26.4. The maximum Gasteiger partial charge on any atom is 0.246 e. The number of hydrogen-bond acceptors (Lipinski definition) is 5. The van der Waals surface area contributed by atoms with E-state index in [1.807, 2.05) is 71.9 Å². The van der Waals surface area contributed by atoms with E-state index in [-0.39, 0.29) is 41.6 Å². The quantitative estimate of drug-likeness (QED) is 0.394. The van der Waals surface area contributed by atoms with E-state index in [1.54, 1.807) is 4.90 Å². The summed E-state index contributed by atoms with van der Waals surface area (Å²) in [5.74, 6) is -2.19. The third kappa shape index (κ3) is 5.79. The molecule has 0 aliphatic carbocycles. The second kappa shape index (κ2) is 11.0. The Labute approximate surface area is 246 Å². The number of fused-ring (bicyclic) bond motifs is 1. The van der Waals surface area contributed by atoms with Gasteiger partial charge in [0.1, 0.15) is 11.6 Å². The van der Waals surface area contributed by atoms with Crippen LogP contribution in [-0.2, 0) is 25.7 Å². The molecule has 3 unspecified atom stereocenters. The van der Waals surface area contributed by atoms with Crippen molar-refractivity contribution in [3.05, 3.63) is 35.9 Å². The van der Waals surface area contributed by atoms with Crippen LogP contribution in [0.25, 0.3) is 0 Å². The van der Waals surface area contributed by atoms with Crippen LogP contribution in [-0.4, -0.2) is 63.2 Å². The summed E-state index contributed by atoms with van der Waals surface area (Å²) in [7, 11) is 0. The third-order valence-corrected chi connectivity index (χ3v) is 9.37. The molecule has 1 aromatic carbocycles. The summed E-state index contributed by atoms with van der Waals surface area (Å²) >= 11 is 0. The highest BCUT2D eigenvalue weighted by Gasteiger charge is 2.80. The number of amides is 3. The van der Waals surface area contributed by atoms with Crippen molar-refractivity contribution in [1.29, 1.82) is 0 Å². The van der Waals surface area contributed by atoms with Crippen LogP contribution in [0.5, 0.6) is 0 Å². The van der Waals surface area contributed by atoms with Crippen LogP contribution in [0.1, 0.15) is 87.1 Å². The van der Waals surface area contributed by atoms with E-state index in [2.05, 4.69) is 31.4 Å². The lowest BCUT2D eigenvalue weighted by atomic mass is 9.62. The van der Waals surface area contributed by atoms with Gasteiger partial charge in [-0.3, -0.25) is 14.4 Å². The van der Waals surface area contributed by atoms with Gasteiger partial charge in [0.05, 0.1) is 30.1 Å². The predicted molar refractivity (Wildman–Crippen MR) is 159 cm³/mol. The highest BCUT2D eigenvalue weighted by atomic mass is 16.5. The lowest BCUT2D eigenvalue weighted by Gasteiger charge is -2.40. The molecule has 41 heavy (non-hydrogen) atoms. The van der Waals surface area contributed by atoms with Crippen LogP contribution in [0.2, 0.25) is 0 Å². The summed E-state index contributed by atoms with van der Waals surface area (Å²) in [6, 6.07) is 8.18. The van der Waals surface area contributed by atoms with E-state index >= 15 is 0 Å². The van der Waals surface area contributed by atoms with Crippen molar-refractivity contribution >= 4 is 17.7 Å². The van der Waals surface area contributed by atoms with Crippen molar-refractivity contribution in [2.75, 3.05) is 6.61 Å². The molecule has 1 spiro atoms. The van der Waals surface area contributed by atoms with Gasteiger partial charge in [0.2, 0.25) is 17.7 Å². The summed E-state index contributed by atoms with van der Waals surface area (Å²) in [6.45, 7) is 18.5. The molecule has 0 aromatic heterocycles. The SMILES string of the molecule is CC(C)C[C@H](CO)N1C(=O)[C@@H]2[C@@H](C(=O)NCc3ccccc3)[C@]3(C)OC2(CC3C)C1C(=O)NC(C)(C)CC(C)(C)C. The second-order valence-corrected chi connectivity index (χ2v) is 15.2. The van der Waals surface area contributed by atoms with E-state index in [4.69, 9.17) is 4.74 Å². The molecule has 3 aliphatic heterocycles. The number of nitrogens with zero attached hydrogens (tertiary/aromatic N) is 1. The Kier molecular flexibility index (Phi) is 8.44. The average Bonchev–Trinajstić information content (AvgIpc) is 3.36. The van der Waals surface area contributed by atoms with Crippen molar-refractivity contribution < 1.29 is 24.2 Å². The van der Waals surface area contributed by atoms with Crippen molar-refractivity contribution in [1.82, 2.24) is 15.5 Å².